The lowest BCUT2D eigenvalue weighted by Crippen LogP contribution is -2.25. The zero-order valence-electron chi connectivity index (χ0n) is 13.4. The van der Waals surface area contributed by atoms with Crippen molar-refractivity contribution in [2.24, 2.45) is 11.7 Å². The molecular formula is C20H27N. The number of nitrogens with two attached hydrogens (primary N) is 1. The van der Waals surface area contributed by atoms with Crippen LogP contribution in [0.25, 0.3) is 0 Å². The van der Waals surface area contributed by atoms with Gasteiger partial charge in [0, 0.05) is 12.0 Å². The van der Waals surface area contributed by atoms with Gasteiger partial charge < -0.3 is 5.73 Å². The van der Waals surface area contributed by atoms with E-state index in [0.717, 1.165) is 12.8 Å². The number of hydrogen-bond donors (Lipinski definition) is 1. The third kappa shape index (κ3) is 3.74. The minimum atomic E-state index is 0.0499. The fourth-order valence-electron chi connectivity index (χ4n) is 3.05. The summed E-state index contributed by atoms with van der Waals surface area (Å²) in [6.07, 6.45) is 2.20. The van der Waals surface area contributed by atoms with Crippen molar-refractivity contribution >= 4 is 0 Å². The van der Waals surface area contributed by atoms with E-state index in [-0.39, 0.29) is 6.04 Å². The van der Waals surface area contributed by atoms with Gasteiger partial charge >= 0.3 is 0 Å². The molecule has 0 bridgehead atoms. The largest absolute Gasteiger partial charge is 0.323 e. The van der Waals surface area contributed by atoms with E-state index in [0.29, 0.717) is 11.8 Å². The Bertz CT molecular complexity index is 547. The minimum Gasteiger partial charge on any atom is -0.323 e. The molecule has 2 aromatic carbocycles. The predicted molar refractivity (Wildman–Crippen MR) is 91.4 cm³/mol. The molecule has 3 atom stereocenters. The van der Waals surface area contributed by atoms with Gasteiger partial charge in [-0.05, 0) is 29.0 Å². The summed E-state index contributed by atoms with van der Waals surface area (Å²) in [5, 5.41) is 0. The quantitative estimate of drug-likeness (QED) is 0.785. The van der Waals surface area contributed by atoms with Crippen molar-refractivity contribution < 1.29 is 0 Å². The van der Waals surface area contributed by atoms with Crippen LogP contribution < -0.4 is 5.73 Å². The maximum atomic E-state index is 6.67. The van der Waals surface area contributed by atoms with Crippen LogP contribution in [0.1, 0.15) is 55.8 Å². The molecule has 0 amide bonds. The zero-order valence-corrected chi connectivity index (χ0v) is 13.4. The van der Waals surface area contributed by atoms with Gasteiger partial charge in [-0.2, -0.15) is 0 Å². The van der Waals surface area contributed by atoms with E-state index < -0.39 is 0 Å². The van der Waals surface area contributed by atoms with Gasteiger partial charge in [-0.25, -0.2) is 0 Å². The van der Waals surface area contributed by atoms with E-state index in [4.69, 9.17) is 5.73 Å². The van der Waals surface area contributed by atoms with Crippen LogP contribution in [-0.4, -0.2) is 0 Å². The third-order valence-corrected chi connectivity index (χ3v) is 4.57. The molecule has 1 nitrogen and oxygen atoms in total. The highest BCUT2D eigenvalue weighted by atomic mass is 14.7. The maximum absolute atomic E-state index is 6.67. The highest BCUT2D eigenvalue weighted by Crippen LogP contribution is 2.37. The van der Waals surface area contributed by atoms with Crippen molar-refractivity contribution in [2.45, 2.75) is 45.6 Å². The summed E-state index contributed by atoms with van der Waals surface area (Å²) in [7, 11) is 0. The van der Waals surface area contributed by atoms with Crippen LogP contribution in [-0.2, 0) is 6.42 Å². The van der Waals surface area contributed by atoms with E-state index >= 15 is 0 Å². The summed E-state index contributed by atoms with van der Waals surface area (Å²) in [6, 6.07) is 19.5. The molecule has 0 aromatic heterocycles. The van der Waals surface area contributed by atoms with E-state index in [2.05, 4.69) is 75.4 Å². The number of hydrogen-bond acceptors (Lipinski definition) is 1. The number of benzene rings is 2. The Morgan fingerprint density at radius 3 is 2.19 bits per heavy atom. The topological polar surface area (TPSA) is 26.0 Å². The highest BCUT2D eigenvalue weighted by molar-refractivity contribution is 5.31. The normalized spacial score (nSPS) is 15.4. The van der Waals surface area contributed by atoms with E-state index in [1.54, 1.807) is 0 Å². The van der Waals surface area contributed by atoms with Crippen molar-refractivity contribution in [2.75, 3.05) is 0 Å². The van der Waals surface area contributed by atoms with Gasteiger partial charge in [0.2, 0.25) is 0 Å². The van der Waals surface area contributed by atoms with Crippen LogP contribution in [0, 0.1) is 5.92 Å². The Morgan fingerprint density at radius 1 is 0.905 bits per heavy atom. The van der Waals surface area contributed by atoms with Crippen LogP contribution in [0.4, 0.5) is 0 Å². The van der Waals surface area contributed by atoms with Crippen LogP contribution in [0.3, 0.4) is 0 Å². The second kappa shape index (κ2) is 7.42. The van der Waals surface area contributed by atoms with Crippen molar-refractivity contribution in [1.82, 2.24) is 0 Å². The van der Waals surface area contributed by atoms with Gasteiger partial charge in [0.1, 0.15) is 0 Å². The molecule has 2 aromatic rings. The van der Waals surface area contributed by atoms with Crippen molar-refractivity contribution in [1.29, 1.82) is 0 Å². The average Bonchev–Trinajstić information content (AvgIpc) is 2.55. The Kier molecular flexibility index (Phi) is 5.58. The molecule has 2 N–H and O–H groups in total. The van der Waals surface area contributed by atoms with E-state index in [1.165, 1.54) is 16.7 Å². The lowest BCUT2D eigenvalue weighted by atomic mass is 9.78. The number of rotatable bonds is 6. The Hall–Kier alpha value is -1.60. The van der Waals surface area contributed by atoms with E-state index in [1.807, 2.05) is 0 Å². The summed E-state index contributed by atoms with van der Waals surface area (Å²) >= 11 is 0. The first-order valence-corrected chi connectivity index (χ1v) is 8.06. The smallest absolute Gasteiger partial charge is 0.0367 e. The molecule has 1 heteroatoms. The Labute approximate surface area is 129 Å². The van der Waals surface area contributed by atoms with Crippen LogP contribution in [0.2, 0.25) is 0 Å². The molecule has 21 heavy (non-hydrogen) atoms. The minimum absolute atomic E-state index is 0.0499. The first kappa shape index (κ1) is 15.8. The predicted octanol–water partition coefficient (Wildman–Crippen LogP) is 5.08. The second-order valence-corrected chi connectivity index (χ2v) is 5.95. The molecule has 2 rings (SSSR count). The molecule has 112 valence electrons. The highest BCUT2D eigenvalue weighted by Gasteiger charge is 2.26. The zero-order chi connectivity index (χ0) is 15.2. The van der Waals surface area contributed by atoms with Crippen LogP contribution >= 0.6 is 0 Å². The SMILES string of the molecule is CCc1cccc(C(N)C(c2ccccc2)C(C)CC)c1. The van der Waals surface area contributed by atoms with Gasteiger partial charge in [-0.1, -0.05) is 81.8 Å². The first-order valence-electron chi connectivity index (χ1n) is 8.06. The molecule has 3 unspecified atom stereocenters. The molecule has 0 radical (unpaired) electrons. The summed E-state index contributed by atoms with van der Waals surface area (Å²) < 4.78 is 0. The standard InChI is InChI=1S/C20H27N/c1-4-15(3)19(17-11-7-6-8-12-17)20(21)18-13-9-10-16(5-2)14-18/h6-15,19-20H,4-5,21H2,1-3H3. The molecule has 0 saturated carbocycles. The Morgan fingerprint density at radius 2 is 1.57 bits per heavy atom. The van der Waals surface area contributed by atoms with Gasteiger partial charge in [0.25, 0.3) is 0 Å². The average molecular weight is 281 g/mol. The molecule has 0 aliphatic carbocycles. The van der Waals surface area contributed by atoms with Crippen LogP contribution in [0.15, 0.2) is 54.6 Å². The van der Waals surface area contributed by atoms with Gasteiger partial charge in [0.15, 0.2) is 0 Å². The second-order valence-electron chi connectivity index (χ2n) is 5.95. The van der Waals surface area contributed by atoms with Crippen LogP contribution in [0.5, 0.6) is 0 Å². The summed E-state index contributed by atoms with van der Waals surface area (Å²) in [6.45, 7) is 6.74. The van der Waals surface area contributed by atoms with Gasteiger partial charge in [-0.15, -0.1) is 0 Å². The van der Waals surface area contributed by atoms with Crippen molar-refractivity contribution in [3.63, 3.8) is 0 Å². The molecule has 0 spiro atoms. The van der Waals surface area contributed by atoms with E-state index in [9.17, 15) is 0 Å². The monoisotopic (exact) mass is 281 g/mol. The summed E-state index contributed by atoms with van der Waals surface area (Å²) in [4.78, 5) is 0. The summed E-state index contributed by atoms with van der Waals surface area (Å²) in [5.41, 5.74) is 10.6. The molecule has 0 heterocycles. The first-order chi connectivity index (χ1) is 10.2. The lowest BCUT2D eigenvalue weighted by molar-refractivity contribution is 0.387. The number of aryl methyl sites for hydroxylation is 1. The molecule has 0 aliphatic rings. The molecule has 0 fully saturated rings. The lowest BCUT2D eigenvalue weighted by Gasteiger charge is -2.30. The molecule has 0 saturated heterocycles. The fraction of sp³-hybridized carbons (Fsp3) is 0.400. The van der Waals surface area contributed by atoms with Crippen molar-refractivity contribution in [3.8, 4) is 0 Å². The van der Waals surface area contributed by atoms with Crippen molar-refractivity contribution in [3.05, 3.63) is 71.3 Å². The molecule has 0 aliphatic heterocycles. The molecular weight excluding hydrogens is 254 g/mol. The Balaban J connectivity index is 2.36. The maximum Gasteiger partial charge on any atom is 0.0367 e. The fourth-order valence-corrected chi connectivity index (χ4v) is 3.05. The summed E-state index contributed by atoms with van der Waals surface area (Å²) in [5.74, 6) is 0.927. The van der Waals surface area contributed by atoms with Gasteiger partial charge in [0.05, 0.1) is 0 Å². The van der Waals surface area contributed by atoms with Gasteiger partial charge in [-0.3, -0.25) is 0 Å². The third-order valence-electron chi connectivity index (χ3n) is 4.57.